The molecule has 0 saturated carbocycles. The number of hydrogen-bond acceptors (Lipinski definition) is 16. The Kier molecular flexibility index (Phi) is 16.5. The molecule has 6 aliphatic rings. The van der Waals surface area contributed by atoms with Crippen molar-refractivity contribution in [3.05, 3.63) is 81.9 Å². The molecular weight excluding hydrogens is 1000 g/mol. The van der Waals surface area contributed by atoms with Crippen molar-refractivity contribution in [2.24, 2.45) is 33.7 Å². The number of ether oxygens (including phenoxy) is 3. The first-order valence-electron chi connectivity index (χ1n) is 26.4. The summed E-state index contributed by atoms with van der Waals surface area (Å²) < 4.78 is 58.7. The number of fused-ring (bicyclic) bond motifs is 13. The predicted octanol–water partition coefficient (Wildman–Crippen LogP) is 6.40. The van der Waals surface area contributed by atoms with Crippen LogP contribution in [0.4, 0.5) is 24.7 Å². The van der Waals surface area contributed by atoms with Crippen LogP contribution in [0.3, 0.4) is 0 Å². The fourth-order valence-corrected chi connectivity index (χ4v) is 10.9. The van der Waals surface area contributed by atoms with Gasteiger partial charge < -0.3 is 54.7 Å². The van der Waals surface area contributed by atoms with E-state index in [1.807, 2.05) is 0 Å². The van der Waals surface area contributed by atoms with Gasteiger partial charge in [-0.2, -0.15) is 13.2 Å². The van der Waals surface area contributed by atoms with E-state index < -0.39 is 101 Å². The molecule has 2 fully saturated rings. The predicted molar refractivity (Wildman–Crippen MR) is 279 cm³/mol. The number of likely N-dealkylation sites (tertiary alicyclic amines) is 1. The van der Waals surface area contributed by atoms with E-state index in [1.54, 1.807) is 50.8 Å². The Morgan fingerprint density at radius 3 is 2.36 bits per heavy atom. The number of hydrogen-bond donors (Lipinski definition) is 5. The molecule has 7 heterocycles. The van der Waals surface area contributed by atoms with Gasteiger partial charge in [0.15, 0.2) is 11.4 Å². The van der Waals surface area contributed by atoms with E-state index in [-0.39, 0.29) is 87.9 Å². The quantitative estimate of drug-likeness (QED) is 0.102. The lowest BCUT2D eigenvalue weighted by Gasteiger charge is -2.36. The number of nitrogens with one attached hydrogen (secondary N) is 1. The van der Waals surface area contributed by atoms with E-state index in [9.17, 15) is 52.8 Å². The number of benzene rings is 2. The SMILES string of the molecule is C/C1=C/C=C/C(C)[C@H](O)CC(O)[C@@H](C)[C@H](OC(=O)CC(=O)N2CCCN(c3cccc(C(F)(F)F)n3)CC2)[C@H](C)C/C=C/O[C@@]2(C)Oc3c(C)c(O)c4c(O)c(c5c(c4c3C2=O)=NC2(CCN(CC(C)C)CC2)N=5)NC1=O. The van der Waals surface area contributed by atoms with E-state index in [2.05, 4.69) is 29.0 Å². The number of aromatic hydroxyl groups is 2. The largest absolute Gasteiger partial charge is 0.507 e. The summed E-state index contributed by atoms with van der Waals surface area (Å²) >= 11 is 0. The third kappa shape index (κ3) is 11.8. The molecule has 2 amide bonds. The number of amides is 2. The van der Waals surface area contributed by atoms with Crippen LogP contribution in [0.1, 0.15) is 109 Å². The molecule has 5 bridgehead atoms. The lowest BCUT2D eigenvalue weighted by atomic mass is 9.84. The third-order valence-corrected chi connectivity index (χ3v) is 15.5. The number of pyridine rings is 1. The molecule has 416 valence electrons. The second kappa shape index (κ2) is 22.4. The number of alkyl halides is 3. The zero-order valence-electron chi connectivity index (χ0n) is 44.8. The van der Waals surface area contributed by atoms with Crippen molar-refractivity contribution in [1.29, 1.82) is 0 Å². The van der Waals surface area contributed by atoms with E-state index >= 15 is 0 Å². The van der Waals surface area contributed by atoms with Crippen molar-refractivity contribution in [3.63, 3.8) is 0 Å². The normalized spacial score (nSPS) is 27.9. The summed E-state index contributed by atoms with van der Waals surface area (Å²) in [7, 11) is 0. The molecule has 2 aromatic carbocycles. The summed E-state index contributed by atoms with van der Waals surface area (Å²) in [6.45, 7) is 17.0. The lowest BCUT2D eigenvalue weighted by molar-refractivity contribution is -0.161. The number of esters is 1. The highest BCUT2D eigenvalue weighted by Crippen LogP contribution is 2.50. The molecule has 1 spiro atoms. The van der Waals surface area contributed by atoms with Crippen molar-refractivity contribution >= 4 is 45.8 Å². The number of aliphatic hydroxyl groups is 2. The molecule has 0 radical (unpaired) electrons. The van der Waals surface area contributed by atoms with Gasteiger partial charge in [0.05, 0.1) is 34.8 Å². The molecule has 6 aliphatic heterocycles. The van der Waals surface area contributed by atoms with E-state index in [4.69, 9.17) is 24.2 Å². The number of aliphatic hydroxyl groups excluding tert-OH is 2. The summed E-state index contributed by atoms with van der Waals surface area (Å²) in [6.07, 6.45) is 0.378. The van der Waals surface area contributed by atoms with E-state index in [1.165, 1.54) is 43.2 Å². The van der Waals surface area contributed by atoms with Crippen LogP contribution in [-0.2, 0) is 30.0 Å². The van der Waals surface area contributed by atoms with Crippen molar-refractivity contribution < 1.29 is 67.0 Å². The van der Waals surface area contributed by atoms with Crippen LogP contribution in [0.5, 0.6) is 17.2 Å². The number of nitrogens with zero attached hydrogens (tertiary/aromatic N) is 6. The Morgan fingerprint density at radius 1 is 0.948 bits per heavy atom. The smallest absolute Gasteiger partial charge is 0.433 e. The zero-order valence-corrected chi connectivity index (χ0v) is 44.8. The summed E-state index contributed by atoms with van der Waals surface area (Å²) in [5.74, 6) is -6.98. The Bertz CT molecular complexity index is 3030. The highest BCUT2D eigenvalue weighted by atomic mass is 19.4. The summed E-state index contributed by atoms with van der Waals surface area (Å²) in [4.78, 5) is 75.7. The number of halogens is 3. The molecule has 21 heteroatoms. The minimum atomic E-state index is -4.63. The van der Waals surface area contributed by atoms with Crippen LogP contribution in [0.15, 0.2) is 64.3 Å². The minimum Gasteiger partial charge on any atom is -0.507 e. The van der Waals surface area contributed by atoms with E-state index in [0.29, 0.717) is 44.8 Å². The summed E-state index contributed by atoms with van der Waals surface area (Å²) in [5, 5.41) is 50.2. The molecule has 9 rings (SSSR count). The topological polar surface area (TPSA) is 236 Å². The molecule has 3 aromatic rings. The summed E-state index contributed by atoms with van der Waals surface area (Å²) in [5.41, 5.74) is -1.80. The Labute approximate surface area is 445 Å². The highest BCUT2D eigenvalue weighted by molar-refractivity contribution is 6.19. The van der Waals surface area contributed by atoms with Crippen molar-refractivity contribution in [3.8, 4) is 17.2 Å². The van der Waals surface area contributed by atoms with Crippen molar-refractivity contribution in [1.82, 2.24) is 14.8 Å². The fraction of sp³-hybridized carbons (Fsp3) is 0.554. The average Bonchev–Trinajstić information content (AvgIpc) is 3.95. The molecule has 7 atom stereocenters. The highest BCUT2D eigenvalue weighted by Gasteiger charge is 2.50. The first-order valence-corrected chi connectivity index (χ1v) is 26.4. The molecule has 1 aromatic heterocycles. The molecule has 2 saturated heterocycles. The number of rotatable bonds is 6. The van der Waals surface area contributed by atoms with Gasteiger partial charge in [0.2, 0.25) is 5.91 Å². The van der Waals surface area contributed by atoms with Crippen LogP contribution >= 0.6 is 0 Å². The van der Waals surface area contributed by atoms with Gasteiger partial charge in [-0.05, 0) is 56.7 Å². The molecule has 5 N–H and O–H groups in total. The third-order valence-electron chi connectivity index (χ3n) is 15.5. The standard InChI is InChI=1S/C56H70F3N7O11/c1-30(2)29-64-22-18-55(19-23-64)62-45-42-43-48(71)35(7)51-44(42)52(73)54(8,77-51)75-26-11-15-32(4)50(34(6)37(68)27-36(67)31(3)13-9-14-33(5)53(74)61-47(49(43)72)46(45)63-55)76-41(70)28-40(69)66-21-12-20-65(24-25-66)39-17-10-16-38(60-39)56(57,58)59/h9-11,13-14,16-17,26,30-32,34,36-37,50,67-68,71-72H,12,15,18-25,27-29H2,1-8H3,(H,61,74)/b13-9+,26-11+,33-14-/t31?,32-,34-,36-,37?,50-,54+/m1/s1. The monoisotopic (exact) mass is 1070 g/mol. The number of carbonyl (C=O) groups excluding carboxylic acids is 4. The molecule has 77 heavy (non-hydrogen) atoms. The Balaban J connectivity index is 1.08. The average molecular weight is 1070 g/mol. The number of phenols is 2. The molecular formula is C56H70F3N7O11. The second-order valence-electron chi connectivity index (χ2n) is 21.8. The Hall–Kier alpha value is -6.58. The Morgan fingerprint density at radius 2 is 1.66 bits per heavy atom. The number of carbonyl (C=O) groups is 4. The second-order valence-corrected chi connectivity index (χ2v) is 21.8. The van der Waals surface area contributed by atoms with Gasteiger partial charge in [0, 0.05) is 100 Å². The number of phenolic OH excluding ortho intramolecular Hbond substituents is 2. The van der Waals surface area contributed by atoms with Crippen LogP contribution in [0.2, 0.25) is 0 Å². The maximum absolute atomic E-state index is 14.8. The maximum Gasteiger partial charge on any atom is 0.433 e. The van der Waals surface area contributed by atoms with Gasteiger partial charge in [-0.25, -0.2) is 4.98 Å². The van der Waals surface area contributed by atoms with Crippen molar-refractivity contribution in [2.45, 2.75) is 130 Å². The van der Waals surface area contributed by atoms with Gasteiger partial charge in [-0.3, -0.25) is 29.2 Å². The molecule has 18 nitrogen and oxygen atoms in total. The first kappa shape index (κ1) is 56.6. The number of piperidine rings is 1. The number of allylic oxidation sites excluding steroid dienone is 3. The minimum absolute atomic E-state index is 0.00113. The number of ketones is 1. The van der Waals surface area contributed by atoms with Crippen LogP contribution in [0.25, 0.3) is 10.8 Å². The van der Waals surface area contributed by atoms with Gasteiger partial charge in [-0.1, -0.05) is 58.9 Å². The van der Waals surface area contributed by atoms with Gasteiger partial charge >= 0.3 is 17.9 Å². The summed E-state index contributed by atoms with van der Waals surface area (Å²) in [6, 6.07) is 3.64. The van der Waals surface area contributed by atoms with E-state index in [0.717, 1.165) is 12.6 Å². The first-order chi connectivity index (χ1) is 36.3. The van der Waals surface area contributed by atoms with Crippen LogP contribution in [-0.4, -0.2) is 134 Å². The number of aromatic nitrogens is 1. The molecule has 2 unspecified atom stereocenters. The zero-order chi connectivity index (χ0) is 55.9. The molecule has 0 aliphatic carbocycles. The maximum atomic E-state index is 14.8. The number of Topliss-reactive ketones (excluding diaryl/α,β-unsaturated/α-hetero) is 1. The van der Waals surface area contributed by atoms with Gasteiger partial charge in [0.25, 0.3) is 11.7 Å². The lowest BCUT2D eigenvalue weighted by Crippen LogP contribution is -2.43. The van der Waals surface area contributed by atoms with Crippen LogP contribution in [0, 0.1) is 30.6 Å². The van der Waals surface area contributed by atoms with Crippen molar-refractivity contribution in [2.75, 3.05) is 56.0 Å². The number of anilines is 2. The van der Waals surface area contributed by atoms with Crippen LogP contribution < -0.4 is 25.7 Å². The van der Waals surface area contributed by atoms with Gasteiger partial charge in [-0.15, -0.1) is 0 Å². The fourth-order valence-electron chi connectivity index (χ4n) is 10.9. The van der Waals surface area contributed by atoms with Gasteiger partial charge in [0.1, 0.15) is 46.6 Å².